The molecule has 152 valence electrons. The Morgan fingerprint density at radius 1 is 1.07 bits per heavy atom. The molecule has 4 rings (SSSR count). The molecule has 0 bridgehead atoms. The average molecular weight is 429 g/mol. The fourth-order valence-corrected chi connectivity index (χ4v) is 3.62. The average Bonchev–Trinajstić information content (AvgIpc) is 2.99. The van der Waals surface area contributed by atoms with Crippen LogP contribution in [0.3, 0.4) is 0 Å². The summed E-state index contributed by atoms with van der Waals surface area (Å²) < 4.78 is 26.7. The van der Waals surface area contributed by atoms with Crippen molar-refractivity contribution in [3.63, 3.8) is 0 Å². The first-order valence-corrected chi connectivity index (χ1v) is 9.16. The van der Waals surface area contributed by atoms with Crippen molar-refractivity contribution in [2.45, 2.75) is 12.0 Å². The molecule has 30 heavy (non-hydrogen) atoms. The van der Waals surface area contributed by atoms with Crippen LogP contribution in [0.4, 0.5) is 8.78 Å². The number of hydrogen-bond acceptors (Lipinski definition) is 6. The Balaban J connectivity index is 1.99. The van der Waals surface area contributed by atoms with Gasteiger partial charge in [0, 0.05) is 41.2 Å². The molecule has 0 saturated heterocycles. The van der Waals surface area contributed by atoms with E-state index in [9.17, 15) is 13.6 Å². The minimum absolute atomic E-state index is 0.0467. The second-order valence-corrected chi connectivity index (χ2v) is 7.15. The van der Waals surface area contributed by atoms with E-state index in [1.165, 1.54) is 30.4 Å². The summed E-state index contributed by atoms with van der Waals surface area (Å²) in [5.41, 5.74) is 5.81. The van der Waals surface area contributed by atoms with Crippen molar-refractivity contribution in [2.24, 2.45) is 10.7 Å². The fraction of sp³-hybridized carbons (Fsp3) is 0.150. The van der Waals surface area contributed by atoms with Crippen molar-refractivity contribution in [2.75, 3.05) is 7.05 Å². The van der Waals surface area contributed by atoms with Crippen molar-refractivity contribution in [1.82, 2.24) is 20.1 Å². The number of nitrogens with two attached hydrogens (primary N) is 1. The van der Waals surface area contributed by atoms with Gasteiger partial charge in [-0.1, -0.05) is 11.6 Å². The van der Waals surface area contributed by atoms with E-state index in [1.54, 1.807) is 30.5 Å². The van der Waals surface area contributed by atoms with Crippen LogP contribution in [-0.2, 0) is 10.3 Å². The third-order valence-corrected chi connectivity index (χ3v) is 5.12. The molecule has 2 aromatic heterocycles. The molecule has 1 aliphatic rings. The highest BCUT2D eigenvalue weighted by Gasteiger charge is 2.50. The predicted molar refractivity (Wildman–Crippen MR) is 107 cm³/mol. The van der Waals surface area contributed by atoms with E-state index < -0.39 is 17.9 Å². The number of benzene rings is 1. The summed E-state index contributed by atoms with van der Waals surface area (Å²) in [5.74, 6) is -0.552. The summed E-state index contributed by atoms with van der Waals surface area (Å²) in [7, 11) is 1.46. The van der Waals surface area contributed by atoms with Crippen LogP contribution < -0.4 is 5.73 Å². The van der Waals surface area contributed by atoms with Crippen molar-refractivity contribution in [3.8, 4) is 11.1 Å². The van der Waals surface area contributed by atoms with Gasteiger partial charge in [0.15, 0.2) is 11.5 Å². The lowest BCUT2D eigenvalue weighted by molar-refractivity contribution is -0.129. The molecule has 1 unspecified atom stereocenters. The molecule has 0 spiro atoms. The van der Waals surface area contributed by atoms with Gasteiger partial charge >= 0.3 is 0 Å². The highest BCUT2D eigenvalue weighted by atomic mass is 35.5. The van der Waals surface area contributed by atoms with Crippen LogP contribution in [0.25, 0.3) is 11.1 Å². The normalized spacial score (nSPS) is 18.8. The van der Waals surface area contributed by atoms with E-state index in [-0.39, 0.29) is 17.1 Å². The molecule has 10 heteroatoms. The fourth-order valence-electron chi connectivity index (χ4n) is 3.39. The molecule has 1 aromatic carbocycles. The van der Waals surface area contributed by atoms with Gasteiger partial charge in [-0.05, 0) is 41.5 Å². The molecule has 1 amide bonds. The standard InChI is InChI=1S/C20H15ClF2N6O/c1-29-18(30)20(28-19(29)24,15-5-13(17(22)23)8-25-10-15)14-4-12(6-16(21)7-14)11-2-3-26-27-9-11/h2-10,17H,1H3,(H2,24,28). The Labute approximate surface area is 175 Å². The zero-order valence-corrected chi connectivity index (χ0v) is 16.4. The maximum absolute atomic E-state index is 13.3. The maximum atomic E-state index is 13.3. The van der Waals surface area contributed by atoms with Gasteiger partial charge in [0.25, 0.3) is 12.3 Å². The van der Waals surface area contributed by atoms with E-state index in [0.29, 0.717) is 21.7 Å². The zero-order chi connectivity index (χ0) is 21.5. The van der Waals surface area contributed by atoms with E-state index in [0.717, 1.165) is 6.20 Å². The van der Waals surface area contributed by atoms with E-state index in [4.69, 9.17) is 17.3 Å². The molecular weight excluding hydrogens is 414 g/mol. The van der Waals surface area contributed by atoms with E-state index in [1.807, 2.05) is 0 Å². The summed E-state index contributed by atoms with van der Waals surface area (Å²) in [6, 6.07) is 7.89. The Bertz CT molecular complexity index is 1160. The van der Waals surface area contributed by atoms with Gasteiger partial charge in [-0.2, -0.15) is 10.2 Å². The molecule has 0 saturated carbocycles. The van der Waals surface area contributed by atoms with Crippen LogP contribution in [0.15, 0.2) is 60.1 Å². The number of guanidine groups is 1. The largest absolute Gasteiger partial charge is 0.369 e. The molecule has 7 nitrogen and oxygen atoms in total. The number of pyridine rings is 1. The lowest BCUT2D eigenvalue weighted by Crippen LogP contribution is -2.41. The molecule has 0 fully saturated rings. The van der Waals surface area contributed by atoms with Crippen molar-refractivity contribution >= 4 is 23.5 Å². The van der Waals surface area contributed by atoms with E-state index >= 15 is 0 Å². The highest BCUT2D eigenvalue weighted by Crippen LogP contribution is 2.42. The minimum Gasteiger partial charge on any atom is -0.369 e. The second kappa shape index (κ2) is 7.42. The van der Waals surface area contributed by atoms with Gasteiger partial charge in [-0.3, -0.25) is 14.7 Å². The lowest BCUT2D eigenvalue weighted by Gasteiger charge is -2.27. The number of nitrogens with zero attached hydrogens (tertiary/aromatic N) is 5. The van der Waals surface area contributed by atoms with Crippen LogP contribution in [0, 0.1) is 0 Å². The number of hydrogen-bond donors (Lipinski definition) is 1. The van der Waals surface area contributed by atoms with Crippen LogP contribution in [0.2, 0.25) is 5.02 Å². The minimum atomic E-state index is -2.76. The number of halogens is 3. The number of amides is 1. The third-order valence-electron chi connectivity index (χ3n) is 4.90. The lowest BCUT2D eigenvalue weighted by atomic mass is 9.82. The number of aliphatic imine (C=N–C) groups is 1. The Hall–Kier alpha value is -3.46. The molecule has 0 radical (unpaired) electrons. The number of likely N-dealkylation sites (N-methyl/N-ethyl adjacent to an activating group) is 1. The van der Waals surface area contributed by atoms with Gasteiger partial charge in [0.1, 0.15) is 0 Å². The van der Waals surface area contributed by atoms with Crippen LogP contribution >= 0.6 is 11.6 Å². The predicted octanol–water partition coefficient (Wildman–Crippen LogP) is 3.16. The number of carbonyl (C=O) groups excluding carboxylic acids is 1. The first kappa shape index (κ1) is 19.8. The molecule has 3 aromatic rings. The van der Waals surface area contributed by atoms with Crippen molar-refractivity contribution in [1.29, 1.82) is 0 Å². The topological polar surface area (TPSA) is 97.4 Å². The van der Waals surface area contributed by atoms with Crippen molar-refractivity contribution in [3.05, 3.63) is 76.8 Å². The summed E-state index contributed by atoms with van der Waals surface area (Å²) in [4.78, 5) is 22.8. The van der Waals surface area contributed by atoms with Gasteiger partial charge in [-0.15, -0.1) is 0 Å². The Morgan fingerprint density at radius 3 is 2.50 bits per heavy atom. The first-order valence-electron chi connectivity index (χ1n) is 8.78. The number of rotatable bonds is 4. The summed E-state index contributed by atoms with van der Waals surface area (Å²) >= 11 is 6.35. The number of aromatic nitrogens is 3. The molecule has 1 aliphatic heterocycles. The SMILES string of the molecule is CN1C(=O)C(c2cc(Cl)cc(-c3ccnnc3)c2)(c2cncc(C(F)F)c2)N=C1N. The van der Waals surface area contributed by atoms with Gasteiger partial charge in [0.2, 0.25) is 0 Å². The summed E-state index contributed by atoms with van der Waals surface area (Å²) in [6.07, 6.45) is 2.68. The molecule has 1 atom stereocenters. The van der Waals surface area contributed by atoms with Gasteiger partial charge in [0.05, 0.1) is 12.4 Å². The second-order valence-electron chi connectivity index (χ2n) is 6.71. The maximum Gasteiger partial charge on any atom is 0.266 e. The number of carbonyl (C=O) groups is 1. The number of alkyl halides is 2. The highest BCUT2D eigenvalue weighted by molar-refractivity contribution is 6.31. The monoisotopic (exact) mass is 428 g/mol. The Kier molecular flexibility index (Phi) is 4.90. The zero-order valence-electron chi connectivity index (χ0n) is 15.6. The molecule has 3 heterocycles. The smallest absolute Gasteiger partial charge is 0.266 e. The third kappa shape index (κ3) is 3.17. The summed E-state index contributed by atoms with van der Waals surface area (Å²) in [6.45, 7) is 0. The van der Waals surface area contributed by atoms with Gasteiger partial charge < -0.3 is 5.73 Å². The van der Waals surface area contributed by atoms with Crippen LogP contribution in [-0.4, -0.2) is 39.0 Å². The molecular formula is C20H15ClF2N6O. The van der Waals surface area contributed by atoms with Crippen LogP contribution in [0.5, 0.6) is 0 Å². The molecule has 0 aliphatic carbocycles. The van der Waals surface area contributed by atoms with Crippen LogP contribution in [0.1, 0.15) is 23.1 Å². The summed E-state index contributed by atoms with van der Waals surface area (Å²) in [5, 5.41) is 7.93. The molecule has 2 N–H and O–H groups in total. The van der Waals surface area contributed by atoms with E-state index in [2.05, 4.69) is 20.2 Å². The van der Waals surface area contributed by atoms with Gasteiger partial charge in [-0.25, -0.2) is 13.8 Å². The Morgan fingerprint density at radius 2 is 1.87 bits per heavy atom. The first-order chi connectivity index (χ1) is 14.3. The quantitative estimate of drug-likeness (QED) is 0.688. The van der Waals surface area contributed by atoms with Crippen molar-refractivity contribution < 1.29 is 13.6 Å².